The Kier molecular flexibility index (Phi) is 5.44. The van der Waals surface area contributed by atoms with Crippen LogP contribution in [0.5, 0.6) is 0 Å². The van der Waals surface area contributed by atoms with Crippen molar-refractivity contribution in [2.24, 2.45) is 0 Å². The zero-order valence-electron chi connectivity index (χ0n) is 14.2. The normalized spacial score (nSPS) is 18.1. The number of H-pyrrole nitrogens is 1. The minimum Gasteiger partial charge on any atom is -0.317 e. The molecule has 130 valence electrons. The Morgan fingerprint density at radius 2 is 2.25 bits per heavy atom. The predicted molar refractivity (Wildman–Crippen MR) is 94.1 cm³/mol. The molecule has 7 nitrogen and oxygen atoms in total. The maximum Gasteiger partial charge on any atom is 0.324 e. The topological polar surface area (TPSA) is 86.8 Å². The third-order valence-electron chi connectivity index (χ3n) is 4.66. The Hall–Kier alpha value is -1.96. The Bertz CT molecular complexity index is 651. The lowest BCUT2D eigenvalue weighted by atomic mass is 9.98. The van der Waals surface area contributed by atoms with Gasteiger partial charge in [0, 0.05) is 24.2 Å². The van der Waals surface area contributed by atoms with Crippen LogP contribution in [-0.4, -0.2) is 37.9 Å². The number of hydrogen-bond donors (Lipinski definition) is 2. The number of rotatable bonds is 5. The van der Waals surface area contributed by atoms with Gasteiger partial charge in [0.1, 0.15) is 5.01 Å². The predicted octanol–water partition coefficient (Wildman–Crippen LogP) is 3.92. The SMILES string of the molecule is CCC(CC)c1nnc(NC(=O)N2CCCC[C@H]2c2cn[nH]c2)s1. The number of aromatic amines is 1. The van der Waals surface area contributed by atoms with E-state index >= 15 is 0 Å². The summed E-state index contributed by atoms with van der Waals surface area (Å²) in [5, 5.41) is 19.8. The van der Waals surface area contributed by atoms with Gasteiger partial charge in [0.05, 0.1) is 12.2 Å². The van der Waals surface area contributed by atoms with E-state index in [1.807, 2.05) is 11.1 Å². The number of carbonyl (C=O) groups excluding carboxylic acids is 1. The van der Waals surface area contributed by atoms with Crippen LogP contribution in [-0.2, 0) is 0 Å². The molecule has 0 radical (unpaired) electrons. The Morgan fingerprint density at radius 1 is 1.42 bits per heavy atom. The van der Waals surface area contributed by atoms with Gasteiger partial charge in [0.25, 0.3) is 0 Å². The number of nitrogens with one attached hydrogen (secondary N) is 2. The molecule has 0 unspecified atom stereocenters. The van der Waals surface area contributed by atoms with E-state index < -0.39 is 0 Å². The fourth-order valence-electron chi connectivity index (χ4n) is 3.22. The van der Waals surface area contributed by atoms with Crippen molar-refractivity contribution in [2.75, 3.05) is 11.9 Å². The quantitative estimate of drug-likeness (QED) is 0.857. The van der Waals surface area contributed by atoms with E-state index in [0.29, 0.717) is 11.0 Å². The van der Waals surface area contributed by atoms with Crippen molar-refractivity contribution in [3.8, 4) is 0 Å². The highest BCUT2D eigenvalue weighted by molar-refractivity contribution is 7.15. The fraction of sp³-hybridized carbons (Fsp3) is 0.625. The molecule has 0 aliphatic carbocycles. The summed E-state index contributed by atoms with van der Waals surface area (Å²) in [6.45, 7) is 5.05. The van der Waals surface area contributed by atoms with Gasteiger partial charge in [-0.3, -0.25) is 10.4 Å². The summed E-state index contributed by atoms with van der Waals surface area (Å²) in [5.74, 6) is 0.418. The van der Waals surface area contributed by atoms with Gasteiger partial charge in [0.2, 0.25) is 5.13 Å². The first-order valence-corrected chi connectivity index (χ1v) is 9.44. The fourth-order valence-corrected chi connectivity index (χ4v) is 4.22. The summed E-state index contributed by atoms with van der Waals surface area (Å²) in [6, 6.07) is -0.0305. The molecular weight excluding hydrogens is 324 g/mol. The number of anilines is 1. The Labute approximate surface area is 145 Å². The first-order valence-electron chi connectivity index (χ1n) is 8.62. The third kappa shape index (κ3) is 3.58. The molecule has 3 heterocycles. The lowest BCUT2D eigenvalue weighted by Gasteiger charge is -2.34. The molecule has 2 aromatic rings. The van der Waals surface area contributed by atoms with Crippen molar-refractivity contribution in [2.45, 2.75) is 57.9 Å². The maximum atomic E-state index is 12.7. The van der Waals surface area contributed by atoms with Crippen LogP contribution in [0.25, 0.3) is 0 Å². The number of carbonyl (C=O) groups is 1. The molecule has 0 aromatic carbocycles. The van der Waals surface area contributed by atoms with Gasteiger partial charge in [-0.1, -0.05) is 25.2 Å². The largest absolute Gasteiger partial charge is 0.324 e. The molecular formula is C16H24N6OS. The maximum absolute atomic E-state index is 12.7. The first kappa shape index (κ1) is 16.9. The molecule has 2 aromatic heterocycles. The summed E-state index contributed by atoms with van der Waals surface area (Å²) >= 11 is 1.48. The van der Waals surface area contributed by atoms with Crippen LogP contribution in [0.4, 0.5) is 9.93 Å². The molecule has 0 saturated carbocycles. The van der Waals surface area contributed by atoms with Gasteiger partial charge in [-0.2, -0.15) is 5.10 Å². The van der Waals surface area contributed by atoms with Crippen molar-refractivity contribution >= 4 is 22.5 Å². The summed E-state index contributed by atoms with van der Waals surface area (Å²) < 4.78 is 0. The highest BCUT2D eigenvalue weighted by Crippen LogP contribution is 2.32. The summed E-state index contributed by atoms with van der Waals surface area (Å²) in [4.78, 5) is 14.6. The van der Waals surface area contributed by atoms with E-state index in [4.69, 9.17) is 0 Å². The third-order valence-corrected chi connectivity index (χ3v) is 5.66. The van der Waals surface area contributed by atoms with Crippen molar-refractivity contribution in [1.82, 2.24) is 25.3 Å². The minimum atomic E-state index is -0.104. The Balaban J connectivity index is 1.69. The van der Waals surface area contributed by atoms with Crippen LogP contribution >= 0.6 is 11.3 Å². The first-order chi connectivity index (χ1) is 11.7. The molecule has 1 aliphatic rings. The molecule has 0 spiro atoms. The van der Waals surface area contributed by atoms with Gasteiger partial charge in [-0.15, -0.1) is 10.2 Å². The molecule has 2 amide bonds. The van der Waals surface area contributed by atoms with E-state index in [2.05, 4.69) is 39.6 Å². The average Bonchev–Trinajstić information content (AvgIpc) is 3.28. The zero-order valence-corrected chi connectivity index (χ0v) is 15.0. The van der Waals surface area contributed by atoms with Gasteiger partial charge in [-0.05, 0) is 32.1 Å². The van der Waals surface area contributed by atoms with Crippen LogP contribution in [0.3, 0.4) is 0 Å². The standard InChI is InChI=1S/C16H24N6OS/c1-3-11(4-2)14-20-21-15(24-14)19-16(23)22-8-6-5-7-13(22)12-9-17-18-10-12/h9-11,13H,3-8H2,1-2H3,(H,17,18)(H,19,21,23)/t13-/m0/s1. The second-order valence-electron chi connectivity index (χ2n) is 6.13. The number of urea groups is 1. The molecule has 1 fully saturated rings. The lowest BCUT2D eigenvalue weighted by molar-refractivity contribution is 0.163. The lowest BCUT2D eigenvalue weighted by Crippen LogP contribution is -2.41. The number of hydrogen-bond acceptors (Lipinski definition) is 5. The van der Waals surface area contributed by atoms with Crippen molar-refractivity contribution in [1.29, 1.82) is 0 Å². The van der Waals surface area contributed by atoms with Crippen LogP contribution in [0.2, 0.25) is 0 Å². The summed E-state index contributed by atoms with van der Waals surface area (Å²) in [5.41, 5.74) is 1.06. The number of piperidine rings is 1. The zero-order chi connectivity index (χ0) is 16.9. The smallest absolute Gasteiger partial charge is 0.317 e. The van der Waals surface area contributed by atoms with Gasteiger partial charge >= 0.3 is 6.03 Å². The van der Waals surface area contributed by atoms with E-state index in [1.54, 1.807) is 6.20 Å². The molecule has 0 bridgehead atoms. The molecule has 3 rings (SSSR count). The number of nitrogens with zero attached hydrogens (tertiary/aromatic N) is 4. The number of amides is 2. The van der Waals surface area contributed by atoms with Crippen LogP contribution in [0.1, 0.15) is 68.5 Å². The van der Waals surface area contributed by atoms with E-state index in [1.165, 1.54) is 11.3 Å². The molecule has 8 heteroatoms. The van der Waals surface area contributed by atoms with Crippen molar-refractivity contribution in [3.63, 3.8) is 0 Å². The van der Waals surface area contributed by atoms with Crippen molar-refractivity contribution < 1.29 is 4.79 Å². The Morgan fingerprint density at radius 3 is 2.96 bits per heavy atom. The molecule has 2 N–H and O–H groups in total. The molecule has 1 saturated heterocycles. The molecule has 1 aliphatic heterocycles. The summed E-state index contributed by atoms with van der Waals surface area (Å²) in [6.07, 6.45) is 8.84. The number of likely N-dealkylation sites (tertiary alicyclic amines) is 1. The second-order valence-corrected chi connectivity index (χ2v) is 7.13. The van der Waals surface area contributed by atoms with Crippen molar-refractivity contribution in [3.05, 3.63) is 23.0 Å². The van der Waals surface area contributed by atoms with E-state index in [-0.39, 0.29) is 12.1 Å². The number of aromatic nitrogens is 4. The minimum absolute atomic E-state index is 0.0731. The average molecular weight is 348 g/mol. The van der Waals surface area contributed by atoms with Crippen LogP contribution < -0.4 is 5.32 Å². The van der Waals surface area contributed by atoms with Gasteiger partial charge < -0.3 is 4.90 Å². The highest BCUT2D eigenvalue weighted by Gasteiger charge is 2.29. The highest BCUT2D eigenvalue weighted by atomic mass is 32.1. The molecule has 24 heavy (non-hydrogen) atoms. The second kappa shape index (κ2) is 7.74. The van der Waals surface area contributed by atoms with Crippen LogP contribution in [0.15, 0.2) is 12.4 Å². The molecule has 1 atom stereocenters. The van der Waals surface area contributed by atoms with Gasteiger partial charge in [-0.25, -0.2) is 4.79 Å². The van der Waals surface area contributed by atoms with E-state index in [9.17, 15) is 4.79 Å². The summed E-state index contributed by atoms with van der Waals surface area (Å²) in [7, 11) is 0. The van der Waals surface area contributed by atoms with Crippen LogP contribution in [0, 0.1) is 0 Å². The monoisotopic (exact) mass is 348 g/mol. The van der Waals surface area contributed by atoms with Gasteiger partial charge in [0.15, 0.2) is 0 Å². The van der Waals surface area contributed by atoms with E-state index in [0.717, 1.165) is 49.2 Å².